The van der Waals surface area contributed by atoms with Gasteiger partial charge in [-0.1, -0.05) is 12.1 Å². The van der Waals surface area contributed by atoms with Crippen LogP contribution < -0.4 is 5.32 Å². The molecule has 1 heterocycles. The molecule has 0 amide bonds. The Morgan fingerprint density at radius 1 is 1.30 bits per heavy atom. The average Bonchev–Trinajstić information content (AvgIpc) is 2.72. The van der Waals surface area contributed by atoms with Gasteiger partial charge in [-0.15, -0.1) is 0 Å². The summed E-state index contributed by atoms with van der Waals surface area (Å²) in [5.74, 6) is 0. The summed E-state index contributed by atoms with van der Waals surface area (Å²) in [6, 6.07) is 4.71. The fourth-order valence-corrected chi connectivity index (χ4v) is 2.89. The summed E-state index contributed by atoms with van der Waals surface area (Å²) in [4.78, 5) is 0. The molecule has 0 aliphatic carbocycles. The molecule has 3 atom stereocenters. The smallest absolute Gasteiger partial charge is 0.105 e. The third kappa shape index (κ3) is 3.05. The molecule has 3 unspecified atom stereocenters. The SMILES string of the molecule is Cc1cc(C)c(C(C)NCC2(O)CCOC2C)cc1C. The van der Waals surface area contributed by atoms with E-state index in [2.05, 4.69) is 45.1 Å². The Bertz CT molecular complexity index is 486. The van der Waals surface area contributed by atoms with Crippen molar-refractivity contribution in [3.8, 4) is 0 Å². The van der Waals surface area contributed by atoms with Crippen LogP contribution >= 0.6 is 0 Å². The molecule has 1 aliphatic heterocycles. The van der Waals surface area contributed by atoms with Gasteiger partial charge in [0.25, 0.3) is 0 Å². The van der Waals surface area contributed by atoms with E-state index in [4.69, 9.17) is 4.74 Å². The summed E-state index contributed by atoms with van der Waals surface area (Å²) in [7, 11) is 0. The third-order valence-electron chi connectivity index (χ3n) is 4.72. The second kappa shape index (κ2) is 5.84. The normalized spacial score (nSPS) is 27.8. The van der Waals surface area contributed by atoms with Crippen molar-refractivity contribution in [1.82, 2.24) is 5.32 Å². The molecule has 1 saturated heterocycles. The molecule has 2 N–H and O–H groups in total. The minimum Gasteiger partial charge on any atom is -0.386 e. The predicted molar refractivity (Wildman–Crippen MR) is 82.1 cm³/mol. The minimum absolute atomic E-state index is 0.0944. The molecular weight excluding hydrogens is 250 g/mol. The Labute approximate surface area is 122 Å². The highest BCUT2D eigenvalue weighted by molar-refractivity contribution is 5.38. The molecule has 112 valence electrons. The van der Waals surface area contributed by atoms with Gasteiger partial charge in [0.1, 0.15) is 5.60 Å². The zero-order valence-electron chi connectivity index (χ0n) is 13.3. The third-order valence-corrected chi connectivity index (χ3v) is 4.72. The first kappa shape index (κ1) is 15.5. The van der Waals surface area contributed by atoms with Gasteiger partial charge in [-0.05, 0) is 56.9 Å². The largest absolute Gasteiger partial charge is 0.386 e. The first-order valence-electron chi connectivity index (χ1n) is 7.48. The van der Waals surface area contributed by atoms with E-state index in [1.807, 2.05) is 6.92 Å². The maximum atomic E-state index is 10.5. The molecular formula is C17H27NO2. The van der Waals surface area contributed by atoms with Crippen molar-refractivity contribution in [2.75, 3.05) is 13.2 Å². The van der Waals surface area contributed by atoms with Crippen LogP contribution in [0.2, 0.25) is 0 Å². The van der Waals surface area contributed by atoms with Gasteiger partial charge in [-0.2, -0.15) is 0 Å². The van der Waals surface area contributed by atoms with Crippen LogP contribution in [0.1, 0.15) is 48.6 Å². The Morgan fingerprint density at radius 3 is 2.55 bits per heavy atom. The van der Waals surface area contributed by atoms with E-state index >= 15 is 0 Å². The summed E-state index contributed by atoms with van der Waals surface area (Å²) in [6.45, 7) is 11.8. The van der Waals surface area contributed by atoms with Gasteiger partial charge in [0, 0.05) is 25.6 Å². The standard InChI is InChI=1S/C17H27NO2/c1-11-8-13(3)16(9-12(11)2)14(4)18-10-17(19)6-7-20-15(17)5/h8-9,14-15,18-19H,6-7,10H2,1-5H3. The van der Waals surface area contributed by atoms with Crippen LogP contribution in [0.5, 0.6) is 0 Å². The molecule has 1 aromatic rings. The van der Waals surface area contributed by atoms with Crippen molar-refractivity contribution in [2.45, 2.75) is 58.8 Å². The molecule has 3 heteroatoms. The van der Waals surface area contributed by atoms with Crippen LogP contribution in [0.15, 0.2) is 12.1 Å². The number of ether oxygens (including phenoxy) is 1. The van der Waals surface area contributed by atoms with Gasteiger partial charge >= 0.3 is 0 Å². The van der Waals surface area contributed by atoms with Crippen molar-refractivity contribution in [1.29, 1.82) is 0 Å². The average molecular weight is 277 g/mol. The van der Waals surface area contributed by atoms with Crippen LogP contribution in [0, 0.1) is 20.8 Å². The summed E-state index contributed by atoms with van der Waals surface area (Å²) in [5, 5.41) is 14.0. The van der Waals surface area contributed by atoms with Crippen LogP contribution in [-0.4, -0.2) is 30.0 Å². The summed E-state index contributed by atoms with van der Waals surface area (Å²) < 4.78 is 5.48. The molecule has 0 radical (unpaired) electrons. The Kier molecular flexibility index (Phi) is 4.52. The molecule has 20 heavy (non-hydrogen) atoms. The fraction of sp³-hybridized carbons (Fsp3) is 0.647. The van der Waals surface area contributed by atoms with E-state index < -0.39 is 5.60 Å². The lowest BCUT2D eigenvalue weighted by Gasteiger charge is -2.29. The van der Waals surface area contributed by atoms with Crippen molar-refractivity contribution in [3.63, 3.8) is 0 Å². The van der Waals surface area contributed by atoms with Crippen LogP contribution in [0.25, 0.3) is 0 Å². The number of hydrogen-bond donors (Lipinski definition) is 2. The maximum absolute atomic E-state index is 10.5. The monoisotopic (exact) mass is 277 g/mol. The number of rotatable bonds is 4. The number of benzene rings is 1. The highest BCUT2D eigenvalue weighted by Gasteiger charge is 2.39. The van der Waals surface area contributed by atoms with Crippen molar-refractivity contribution in [2.24, 2.45) is 0 Å². The zero-order valence-corrected chi connectivity index (χ0v) is 13.3. The van der Waals surface area contributed by atoms with E-state index in [0.29, 0.717) is 19.6 Å². The number of aryl methyl sites for hydroxylation is 3. The minimum atomic E-state index is -0.734. The lowest BCUT2D eigenvalue weighted by Crippen LogP contribution is -2.46. The first-order valence-corrected chi connectivity index (χ1v) is 7.48. The van der Waals surface area contributed by atoms with E-state index in [0.717, 1.165) is 0 Å². The molecule has 0 bridgehead atoms. The number of aliphatic hydroxyl groups is 1. The van der Waals surface area contributed by atoms with Crippen molar-refractivity contribution in [3.05, 3.63) is 34.4 Å². The Balaban J connectivity index is 2.05. The molecule has 1 aliphatic rings. The van der Waals surface area contributed by atoms with Gasteiger partial charge in [-0.3, -0.25) is 0 Å². The molecule has 0 aromatic heterocycles. The van der Waals surface area contributed by atoms with Crippen molar-refractivity contribution >= 4 is 0 Å². The van der Waals surface area contributed by atoms with E-state index in [9.17, 15) is 5.11 Å². The van der Waals surface area contributed by atoms with Crippen LogP contribution in [-0.2, 0) is 4.74 Å². The Morgan fingerprint density at radius 2 is 1.95 bits per heavy atom. The topological polar surface area (TPSA) is 41.5 Å². The van der Waals surface area contributed by atoms with E-state index in [-0.39, 0.29) is 12.1 Å². The molecule has 2 rings (SSSR count). The quantitative estimate of drug-likeness (QED) is 0.889. The highest BCUT2D eigenvalue weighted by atomic mass is 16.5. The van der Waals surface area contributed by atoms with Gasteiger partial charge in [0.2, 0.25) is 0 Å². The molecule has 1 aromatic carbocycles. The second-order valence-corrected chi connectivity index (χ2v) is 6.26. The lowest BCUT2D eigenvalue weighted by atomic mass is 9.94. The maximum Gasteiger partial charge on any atom is 0.105 e. The summed E-state index contributed by atoms with van der Waals surface area (Å²) in [6.07, 6.45) is 0.614. The second-order valence-electron chi connectivity index (χ2n) is 6.26. The van der Waals surface area contributed by atoms with Crippen LogP contribution in [0.4, 0.5) is 0 Å². The molecule has 0 saturated carbocycles. The fourth-order valence-electron chi connectivity index (χ4n) is 2.89. The zero-order chi connectivity index (χ0) is 14.9. The van der Waals surface area contributed by atoms with Gasteiger partial charge in [0.05, 0.1) is 6.10 Å². The van der Waals surface area contributed by atoms with Gasteiger partial charge < -0.3 is 15.2 Å². The molecule has 0 spiro atoms. The summed E-state index contributed by atoms with van der Waals surface area (Å²) >= 11 is 0. The van der Waals surface area contributed by atoms with E-state index in [1.165, 1.54) is 22.3 Å². The Hall–Kier alpha value is -0.900. The van der Waals surface area contributed by atoms with E-state index in [1.54, 1.807) is 0 Å². The van der Waals surface area contributed by atoms with Gasteiger partial charge in [-0.25, -0.2) is 0 Å². The van der Waals surface area contributed by atoms with Crippen molar-refractivity contribution < 1.29 is 9.84 Å². The summed E-state index contributed by atoms with van der Waals surface area (Å²) in [5.41, 5.74) is 4.52. The number of nitrogens with one attached hydrogen (secondary N) is 1. The van der Waals surface area contributed by atoms with Crippen LogP contribution in [0.3, 0.4) is 0 Å². The molecule has 1 fully saturated rings. The van der Waals surface area contributed by atoms with Gasteiger partial charge in [0.15, 0.2) is 0 Å². The predicted octanol–water partition coefficient (Wildman–Crippen LogP) is 2.80. The first-order chi connectivity index (χ1) is 9.33. The number of hydrogen-bond acceptors (Lipinski definition) is 3. The molecule has 3 nitrogen and oxygen atoms in total. The highest BCUT2D eigenvalue weighted by Crippen LogP contribution is 2.27. The lowest BCUT2D eigenvalue weighted by molar-refractivity contribution is -0.0274.